The first-order valence-electron chi connectivity index (χ1n) is 9.58. The molecule has 2 N–H and O–H groups in total. The number of nitrogens with two attached hydrogens (primary N) is 1. The van der Waals surface area contributed by atoms with Crippen molar-refractivity contribution in [1.29, 1.82) is 0 Å². The van der Waals surface area contributed by atoms with Crippen LogP contribution in [-0.4, -0.2) is 0 Å². The largest absolute Gasteiger partial charge is 0.398 e. The lowest BCUT2D eigenvalue weighted by Crippen LogP contribution is -2.07. The summed E-state index contributed by atoms with van der Waals surface area (Å²) in [5, 5.41) is 0.949. The smallest absolute Gasteiger partial charge is 0.0476 e. The molecule has 2 aromatic carbocycles. The molecule has 0 amide bonds. The van der Waals surface area contributed by atoms with Gasteiger partial charge in [-0.05, 0) is 90.5 Å². The quantitative estimate of drug-likeness (QED) is 0.596. The number of anilines is 1. The van der Waals surface area contributed by atoms with E-state index in [0.717, 1.165) is 42.8 Å². The molecule has 0 aromatic heterocycles. The molecule has 0 heterocycles. The van der Waals surface area contributed by atoms with Gasteiger partial charge in [0.25, 0.3) is 0 Å². The summed E-state index contributed by atoms with van der Waals surface area (Å²) < 4.78 is 0. The Hall–Kier alpha value is -1.47. The second-order valence-corrected chi connectivity index (χ2v) is 7.29. The zero-order valence-corrected chi connectivity index (χ0v) is 17.4. The lowest BCUT2D eigenvalue weighted by Gasteiger charge is -2.20. The molecule has 0 fully saturated rings. The molecule has 0 saturated heterocycles. The minimum atomic E-state index is 0.880. The number of benzene rings is 2. The Balaban J connectivity index is 2.61. The maximum absolute atomic E-state index is 6.80. The third-order valence-corrected chi connectivity index (χ3v) is 6.10. The predicted octanol–water partition coefficient (Wildman–Crippen LogP) is 6.38. The van der Waals surface area contributed by atoms with Crippen LogP contribution in [0.5, 0.6) is 0 Å². The van der Waals surface area contributed by atoms with E-state index in [-0.39, 0.29) is 0 Å². The van der Waals surface area contributed by atoms with Crippen LogP contribution in [0.4, 0.5) is 5.69 Å². The van der Waals surface area contributed by atoms with Gasteiger partial charge in [-0.25, -0.2) is 0 Å². The van der Waals surface area contributed by atoms with Crippen molar-refractivity contribution in [2.45, 2.75) is 73.6 Å². The predicted molar refractivity (Wildman–Crippen MR) is 112 cm³/mol. The first kappa shape index (κ1) is 19.8. The topological polar surface area (TPSA) is 26.0 Å². The number of aryl methyl sites for hydroxylation is 2. The summed E-state index contributed by atoms with van der Waals surface area (Å²) in [4.78, 5) is 0. The van der Waals surface area contributed by atoms with Gasteiger partial charge in [-0.1, -0.05) is 51.4 Å². The number of hydrogen-bond donors (Lipinski definition) is 1. The third kappa shape index (κ3) is 3.72. The van der Waals surface area contributed by atoms with E-state index in [4.69, 9.17) is 17.3 Å². The summed E-state index contributed by atoms with van der Waals surface area (Å²) >= 11 is 6.80. The fourth-order valence-electron chi connectivity index (χ4n) is 3.97. The molecule has 0 aliphatic carbocycles. The first-order valence-corrected chi connectivity index (χ1v) is 9.96. The second-order valence-electron chi connectivity index (χ2n) is 6.92. The highest BCUT2D eigenvalue weighted by molar-refractivity contribution is 6.32. The van der Waals surface area contributed by atoms with Gasteiger partial charge in [0, 0.05) is 10.7 Å². The molecule has 2 aromatic rings. The zero-order chi connectivity index (χ0) is 18.7. The molecular formula is C23H32ClN. The highest BCUT2D eigenvalue weighted by Crippen LogP contribution is 2.33. The Morgan fingerprint density at radius 2 is 1.24 bits per heavy atom. The summed E-state index contributed by atoms with van der Waals surface area (Å²) in [6.07, 6.45) is 4.84. The highest BCUT2D eigenvalue weighted by Gasteiger charge is 2.16. The van der Waals surface area contributed by atoms with Gasteiger partial charge in [0.1, 0.15) is 0 Å². The molecule has 0 bridgehead atoms. The van der Waals surface area contributed by atoms with Gasteiger partial charge in [-0.3, -0.25) is 0 Å². The Kier molecular flexibility index (Phi) is 6.57. The minimum absolute atomic E-state index is 0.880. The van der Waals surface area contributed by atoms with Crippen molar-refractivity contribution in [3.8, 4) is 0 Å². The van der Waals surface area contributed by atoms with E-state index in [9.17, 15) is 0 Å². The monoisotopic (exact) mass is 357 g/mol. The van der Waals surface area contributed by atoms with Crippen LogP contribution < -0.4 is 5.73 Å². The normalized spacial score (nSPS) is 11.2. The van der Waals surface area contributed by atoms with Crippen molar-refractivity contribution in [3.63, 3.8) is 0 Å². The molecule has 1 nitrogen and oxygen atoms in total. The van der Waals surface area contributed by atoms with Crippen LogP contribution in [0.2, 0.25) is 5.02 Å². The van der Waals surface area contributed by atoms with Crippen LogP contribution in [0.15, 0.2) is 12.1 Å². The molecule has 0 aliphatic heterocycles. The standard InChI is InChI=1S/C23H32ClN/c1-7-16-11-19(22(24)20(9-3)14(16)5)13-18-12-17(8-2)23(25)21(10-4)15(18)6/h11-12H,7-10,13,25H2,1-6H3. The van der Waals surface area contributed by atoms with Crippen LogP contribution in [0.1, 0.15) is 72.2 Å². The summed E-state index contributed by atoms with van der Waals surface area (Å²) in [6, 6.07) is 4.60. The maximum Gasteiger partial charge on any atom is 0.0476 e. The highest BCUT2D eigenvalue weighted by atomic mass is 35.5. The van der Waals surface area contributed by atoms with Crippen LogP contribution in [0.25, 0.3) is 0 Å². The van der Waals surface area contributed by atoms with Crippen LogP contribution in [-0.2, 0) is 32.1 Å². The van der Waals surface area contributed by atoms with E-state index in [2.05, 4.69) is 53.7 Å². The van der Waals surface area contributed by atoms with Gasteiger partial charge in [-0.2, -0.15) is 0 Å². The van der Waals surface area contributed by atoms with E-state index in [1.807, 2.05) is 0 Å². The molecule has 0 atom stereocenters. The van der Waals surface area contributed by atoms with E-state index in [1.54, 1.807) is 0 Å². The van der Waals surface area contributed by atoms with Crippen molar-refractivity contribution in [2.24, 2.45) is 0 Å². The van der Waals surface area contributed by atoms with Crippen LogP contribution in [0, 0.1) is 13.8 Å². The molecule has 25 heavy (non-hydrogen) atoms. The van der Waals surface area contributed by atoms with Crippen LogP contribution >= 0.6 is 11.6 Å². The average Bonchev–Trinajstić information content (AvgIpc) is 2.60. The Labute approximate surface area is 158 Å². The molecular weight excluding hydrogens is 326 g/mol. The van der Waals surface area contributed by atoms with Gasteiger partial charge < -0.3 is 5.73 Å². The van der Waals surface area contributed by atoms with Crippen molar-refractivity contribution in [2.75, 3.05) is 5.73 Å². The Morgan fingerprint density at radius 3 is 1.76 bits per heavy atom. The van der Waals surface area contributed by atoms with Crippen LogP contribution in [0.3, 0.4) is 0 Å². The maximum atomic E-state index is 6.80. The van der Waals surface area contributed by atoms with E-state index in [1.165, 1.54) is 44.5 Å². The second kappa shape index (κ2) is 8.27. The van der Waals surface area contributed by atoms with E-state index < -0.39 is 0 Å². The third-order valence-electron chi connectivity index (χ3n) is 5.63. The molecule has 2 rings (SSSR count). The lowest BCUT2D eigenvalue weighted by molar-refractivity contribution is 1.00. The first-order chi connectivity index (χ1) is 11.9. The fourth-order valence-corrected chi connectivity index (χ4v) is 4.37. The molecule has 0 unspecified atom stereocenters. The molecule has 0 spiro atoms. The average molecular weight is 358 g/mol. The molecule has 0 aliphatic rings. The molecule has 0 saturated carbocycles. The van der Waals surface area contributed by atoms with E-state index in [0.29, 0.717) is 0 Å². The van der Waals surface area contributed by atoms with Gasteiger partial charge in [0.2, 0.25) is 0 Å². The molecule has 0 radical (unpaired) electrons. The fraction of sp³-hybridized carbons (Fsp3) is 0.478. The minimum Gasteiger partial charge on any atom is -0.398 e. The molecule has 136 valence electrons. The number of rotatable bonds is 6. The Bertz CT molecular complexity index is 709. The van der Waals surface area contributed by atoms with Gasteiger partial charge >= 0.3 is 0 Å². The zero-order valence-electron chi connectivity index (χ0n) is 16.6. The number of halogens is 1. The lowest BCUT2D eigenvalue weighted by atomic mass is 9.88. The van der Waals surface area contributed by atoms with Gasteiger partial charge in [-0.15, -0.1) is 0 Å². The van der Waals surface area contributed by atoms with Crippen molar-refractivity contribution in [3.05, 3.63) is 61.7 Å². The summed E-state index contributed by atoms with van der Waals surface area (Å²) in [5.74, 6) is 0. The summed E-state index contributed by atoms with van der Waals surface area (Å²) in [6.45, 7) is 13.2. The summed E-state index contributed by atoms with van der Waals surface area (Å²) in [5.41, 5.74) is 17.9. The van der Waals surface area contributed by atoms with Crippen molar-refractivity contribution in [1.82, 2.24) is 0 Å². The molecule has 2 heteroatoms. The summed E-state index contributed by atoms with van der Waals surface area (Å²) in [7, 11) is 0. The van der Waals surface area contributed by atoms with Gasteiger partial charge in [0.15, 0.2) is 0 Å². The van der Waals surface area contributed by atoms with Gasteiger partial charge in [0.05, 0.1) is 0 Å². The van der Waals surface area contributed by atoms with E-state index >= 15 is 0 Å². The number of nitrogen functional groups attached to an aromatic ring is 1. The van der Waals surface area contributed by atoms with Crippen molar-refractivity contribution < 1.29 is 0 Å². The SMILES string of the molecule is CCc1cc(Cc2cc(CC)c(N)c(CC)c2C)c(Cl)c(CC)c1C. The number of hydrogen-bond acceptors (Lipinski definition) is 1. The Morgan fingerprint density at radius 1 is 0.720 bits per heavy atom. The van der Waals surface area contributed by atoms with Crippen molar-refractivity contribution >= 4 is 17.3 Å².